The Morgan fingerprint density at radius 1 is 1.40 bits per heavy atom. The molecule has 0 aliphatic carbocycles. The van der Waals surface area contributed by atoms with Crippen LogP contribution in [0.2, 0.25) is 0 Å². The van der Waals surface area contributed by atoms with Crippen molar-refractivity contribution in [3.05, 3.63) is 0 Å². The molecular weight excluding hydrogens is 262 g/mol. The molecule has 1 spiro atoms. The van der Waals surface area contributed by atoms with E-state index in [1.807, 2.05) is 0 Å². The minimum Gasteiger partial charge on any atom is -0.480 e. The van der Waals surface area contributed by atoms with E-state index in [1.165, 1.54) is 6.92 Å². The number of amides is 3. The van der Waals surface area contributed by atoms with Crippen LogP contribution in [0.5, 0.6) is 0 Å². The highest BCUT2D eigenvalue weighted by Gasteiger charge is 2.54. The second-order valence-corrected chi connectivity index (χ2v) is 5.54. The van der Waals surface area contributed by atoms with E-state index in [0.717, 1.165) is 31.0 Å². The van der Waals surface area contributed by atoms with Gasteiger partial charge < -0.3 is 15.3 Å². The largest absolute Gasteiger partial charge is 0.480 e. The van der Waals surface area contributed by atoms with E-state index in [1.54, 1.807) is 0 Å². The van der Waals surface area contributed by atoms with Gasteiger partial charge in [-0.2, -0.15) is 0 Å². The van der Waals surface area contributed by atoms with Crippen LogP contribution in [0.15, 0.2) is 0 Å². The third-order valence-corrected chi connectivity index (χ3v) is 4.19. The zero-order chi connectivity index (χ0) is 14.9. The highest BCUT2D eigenvalue weighted by molar-refractivity contribution is 6.09. The van der Waals surface area contributed by atoms with Gasteiger partial charge in [-0.1, -0.05) is 6.92 Å². The maximum atomic E-state index is 12.5. The number of carboxylic acids is 1. The van der Waals surface area contributed by atoms with Crippen molar-refractivity contribution in [3.63, 3.8) is 0 Å². The number of nitrogens with zero attached hydrogens (tertiary/aromatic N) is 2. The Balaban J connectivity index is 2.10. The monoisotopic (exact) mass is 283 g/mol. The van der Waals surface area contributed by atoms with Crippen LogP contribution in [0.1, 0.15) is 33.1 Å². The van der Waals surface area contributed by atoms with Gasteiger partial charge in [-0.05, 0) is 32.7 Å². The molecular formula is C13H21N3O4. The Bertz CT molecular complexity index is 429. The molecule has 2 saturated heterocycles. The van der Waals surface area contributed by atoms with E-state index in [9.17, 15) is 14.4 Å². The van der Waals surface area contributed by atoms with Gasteiger partial charge in [0.25, 0.3) is 5.91 Å². The van der Waals surface area contributed by atoms with Crippen LogP contribution in [0.25, 0.3) is 0 Å². The molecule has 3 amide bonds. The summed E-state index contributed by atoms with van der Waals surface area (Å²) in [5, 5.41) is 11.7. The van der Waals surface area contributed by atoms with Gasteiger partial charge in [-0.25, -0.2) is 14.5 Å². The Hall–Kier alpha value is -1.63. The van der Waals surface area contributed by atoms with Crippen LogP contribution < -0.4 is 5.32 Å². The third kappa shape index (κ3) is 2.37. The van der Waals surface area contributed by atoms with E-state index in [0.29, 0.717) is 12.8 Å². The molecule has 0 aromatic carbocycles. The van der Waals surface area contributed by atoms with E-state index >= 15 is 0 Å². The lowest BCUT2D eigenvalue weighted by atomic mass is 9.87. The van der Waals surface area contributed by atoms with E-state index in [-0.39, 0.29) is 0 Å². The standard InChI is InChI=1S/C13H21N3O4/c1-3-6-15-7-4-13(5-8-15)11(19)16(12(20)14-13)9(2)10(17)18/h9H,3-8H2,1-2H3,(H,14,20)(H,17,18). The SMILES string of the molecule is CCCN1CCC2(CC1)NC(=O)N(C(C)C(=O)O)C2=O. The number of hydrogen-bond acceptors (Lipinski definition) is 4. The average Bonchev–Trinajstić information content (AvgIpc) is 2.63. The molecule has 0 saturated carbocycles. The van der Waals surface area contributed by atoms with Crippen molar-refractivity contribution in [1.82, 2.24) is 15.1 Å². The fourth-order valence-corrected chi connectivity index (χ4v) is 2.92. The second kappa shape index (κ2) is 5.40. The number of nitrogens with one attached hydrogen (secondary N) is 1. The molecule has 20 heavy (non-hydrogen) atoms. The molecule has 7 heteroatoms. The summed E-state index contributed by atoms with van der Waals surface area (Å²) in [4.78, 5) is 38.5. The van der Waals surface area contributed by atoms with Crippen molar-refractivity contribution < 1.29 is 19.5 Å². The van der Waals surface area contributed by atoms with Crippen molar-refractivity contribution >= 4 is 17.9 Å². The summed E-state index contributed by atoms with van der Waals surface area (Å²) in [7, 11) is 0. The van der Waals surface area contributed by atoms with Crippen molar-refractivity contribution in [1.29, 1.82) is 0 Å². The first kappa shape index (κ1) is 14.8. The predicted molar refractivity (Wildman–Crippen MR) is 71.2 cm³/mol. The lowest BCUT2D eigenvalue weighted by Gasteiger charge is -2.37. The van der Waals surface area contributed by atoms with Crippen LogP contribution in [-0.2, 0) is 9.59 Å². The van der Waals surface area contributed by atoms with Gasteiger partial charge in [0.1, 0.15) is 11.6 Å². The lowest BCUT2D eigenvalue weighted by molar-refractivity contribution is -0.147. The molecule has 0 radical (unpaired) electrons. The topological polar surface area (TPSA) is 90.0 Å². The quantitative estimate of drug-likeness (QED) is 0.722. The van der Waals surface area contributed by atoms with E-state index in [4.69, 9.17) is 5.11 Å². The molecule has 7 nitrogen and oxygen atoms in total. The van der Waals surface area contributed by atoms with Gasteiger partial charge in [-0.3, -0.25) is 4.79 Å². The highest BCUT2D eigenvalue weighted by atomic mass is 16.4. The van der Waals surface area contributed by atoms with Crippen LogP contribution in [0, 0.1) is 0 Å². The number of piperidine rings is 1. The predicted octanol–water partition coefficient (Wildman–Crippen LogP) is 0.256. The number of aliphatic carboxylic acids is 1. The van der Waals surface area contributed by atoms with Crippen LogP contribution in [0.3, 0.4) is 0 Å². The lowest BCUT2D eigenvalue weighted by Crippen LogP contribution is -2.55. The Kier molecular flexibility index (Phi) is 3.99. The molecule has 2 N–H and O–H groups in total. The maximum Gasteiger partial charge on any atom is 0.326 e. The molecule has 2 rings (SSSR count). The molecule has 1 atom stereocenters. The number of carbonyl (C=O) groups is 3. The molecule has 1 unspecified atom stereocenters. The first-order valence-corrected chi connectivity index (χ1v) is 7.02. The van der Waals surface area contributed by atoms with Gasteiger partial charge in [0.2, 0.25) is 0 Å². The minimum absolute atomic E-state index is 0.395. The van der Waals surface area contributed by atoms with Gasteiger partial charge in [0.05, 0.1) is 0 Å². The molecule has 112 valence electrons. The normalized spacial score (nSPS) is 24.0. The first-order chi connectivity index (χ1) is 9.41. The Labute approximate surface area is 117 Å². The molecule has 2 aliphatic heterocycles. The summed E-state index contributed by atoms with van der Waals surface area (Å²) in [6.45, 7) is 5.92. The molecule has 0 aromatic rings. The number of carboxylic acid groups (broad SMARTS) is 1. The fraction of sp³-hybridized carbons (Fsp3) is 0.769. The van der Waals surface area contributed by atoms with E-state index in [2.05, 4.69) is 17.1 Å². The van der Waals surface area contributed by atoms with E-state index < -0.39 is 29.5 Å². The number of urea groups is 1. The van der Waals surface area contributed by atoms with Gasteiger partial charge in [0.15, 0.2) is 0 Å². The van der Waals surface area contributed by atoms with Crippen LogP contribution >= 0.6 is 0 Å². The minimum atomic E-state index is -1.17. The van der Waals surface area contributed by atoms with Crippen LogP contribution in [0.4, 0.5) is 4.79 Å². The van der Waals surface area contributed by atoms with Crippen molar-refractivity contribution in [3.8, 4) is 0 Å². The smallest absolute Gasteiger partial charge is 0.326 e. The third-order valence-electron chi connectivity index (χ3n) is 4.19. The number of hydrogen-bond donors (Lipinski definition) is 2. The fourth-order valence-electron chi connectivity index (χ4n) is 2.92. The summed E-state index contributed by atoms with van der Waals surface area (Å²) in [6, 6.07) is -1.72. The summed E-state index contributed by atoms with van der Waals surface area (Å²) in [5.41, 5.74) is -0.898. The summed E-state index contributed by atoms with van der Waals surface area (Å²) in [5.74, 6) is -1.57. The summed E-state index contributed by atoms with van der Waals surface area (Å²) in [6.07, 6.45) is 2.14. The molecule has 2 heterocycles. The Morgan fingerprint density at radius 3 is 2.50 bits per heavy atom. The molecule has 2 fully saturated rings. The molecule has 0 aromatic heterocycles. The number of imide groups is 1. The second-order valence-electron chi connectivity index (χ2n) is 5.54. The highest BCUT2D eigenvalue weighted by Crippen LogP contribution is 2.30. The number of rotatable bonds is 4. The van der Waals surface area contributed by atoms with Crippen molar-refractivity contribution in [2.45, 2.75) is 44.7 Å². The summed E-state index contributed by atoms with van der Waals surface area (Å²) < 4.78 is 0. The molecule has 0 bridgehead atoms. The zero-order valence-electron chi connectivity index (χ0n) is 11.9. The number of carbonyl (C=O) groups excluding carboxylic acids is 2. The molecule has 2 aliphatic rings. The maximum absolute atomic E-state index is 12.5. The van der Waals surface area contributed by atoms with Gasteiger partial charge >= 0.3 is 12.0 Å². The number of likely N-dealkylation sites (tertiary alicyclic amines) is 1. The summed E-state index contributed by atoms with van der Waals surface area (Å²) >= 11 is 0. The van der Waals surface area contributed by atoms with Gasteiger partial charge in [0, 0.05) is 13.1 Å². The van der Waals surface area contributed by atoms with Crippen molar-refractivity contribution in [2.24, 2.45) is 0 Å². The van der Waals surface area contributed by atoms with Crippen LogP contribution in [-0.4, -0.2) is 64.0 Å². The van der Waals surface area contributed by atoms with Crippen molar-refractivity contribution in [2.75, 3.05) is 19.6 Å². The van der Waals surface area contributed by atoms with Gasteiger partial charge in [-0.15, -0.1) is 0 Å². The Morgan fingerprint density at radius 2 is 2.00 bits per heavy atom. The zero-order valence-corrected chi connectivity index (χ0v) is 11.9. The first-order valence-electron chi connectivity index (χ1n) is 7.02. The average molecular weight is 283 g/mol.